The van der Waals surface area contributed by atoms with Crippen LogP contribution in [0.15, 0.2) is 42.0 Å². The molecule has 2 aromatic rings. The van der Waals surface area contributed by atoms with Crippen LogP contribution in [0.1, 0.15) is 29.8 Å². The van der Waals surface area contributed by atoms with Crippen LogP contribution in [0.5, 0.6) is 11.5 Å². The number of hydrogen-bond donors (Lipinski definition) is 1. The van der Waals surface area contributed by atoms with Crippen LogP contribution in [0, 0.1) is 5.92 Å². The highest BCUT2D eigenvalue weighted by atomic mass is 16.5. The Kier molecular flexibility index (Phi) is 6.50. The van der Waals surface area contributed by atoms with Gasteiger partial charge in [-0.25, -0.2) is 0 Å². The molecule has 0 aliphatic rings. The molecule has 2 aromatic carbocycles. The van der Waals surface area contributed by atoms with Gasteiger partial charge in [-0.15, -0.1) is 0 Å². The smallest absolute Gasteiger partial charge is 0.189 e. The highest BCUT2D eigenvalue weighted by Crippen LogP contribution is 2.30. The van der Waals surface area contributed by atoms with Crippen LogP contribution in [0.25, 0.3) is 6.08 Å². The summed E-state index contributed by atoms with van der Waals surface area (Å²) in [5.41, 5.74) is 9.63. The van der Waals surface area contributed by atoms with E-state index in [1.807, 2.05) is 69.3 Å². The number of nitrogens with zero attached hydrogens (tertiary/aromatic N) is 1. The SMILES string of the molecule is COc1ccc(OC)c(/C=C(/C(=O)c2ccc(N(C)C)c(N)c2)C(C)C)c1. The molecule has 0 spiro atoms. The van der Waals surface area contributed by atoms with Gasteiger partial charge in [-0.05, 0) is 48.4 Å². The molecule has 0 bridgehead atoms. The molecule has 0 saturated heterocycles. The van der Waals surface area contributed by atoms with Gasteiger partial charge in [0.1, 0.15) is 11.5 Å². The van der Waals surface area contributed by atoms with Crippen molar-refractivity contribution in [3.63, 3.8) is 0 Å². The highest BCUT2D eigenvalue weighted by Gasteiger charge is 2.18. The molecule has 27 heavy (non-hydrogen) atoms. The van der Waals surface area contributed by atoms with Gasteiger partial charge in [0.05, 0.1) is 25.6 Å². The Hall–Kier alpha value is -2.95. The summed E-state index contributed by atoms with van der Waals surface area (Å²) in [5, 5.41) is 0. The number of nitrogens with two attached hydrogens (primary N) is 1. The maximum Gasteiger partial charge on any atom is 0.189 e. The summed E-state index contributed by atoms with van der Waals surface area (Å²) in [6, 6.07) is 10.9. The number of nitrogen functional groups attached to an aromatic ring is 1. The van der Waals surface area contributed by atoms with Crippen LogP contribution in [0.4, 0.5) is 11.4 Å². The Morgan fingerprint density at radius 2 is 1.78 bits per heavy atom. The molecule has 0 atom stereocenters. The number of carbonyl (C=O) groups excluding carboxylic acids is 1. The zero-order chi connectivity index (χ0) is 20.1. The van der Waals surface area contributed by atoms with Gasteiger partial charge in [-0.3, -0.25) is 4.79 Å². The first-order valence-electron chi connectivity index (χ1n) is 8.83. The zero-order valence-corrected chi connectivity index (χ0v) is 16.9. The van der Waals surface area contributed by atoms with E-state index in [2.05, 4.69) is 0 Å². The van der Waals surface area contributed by atoms with Crippen molar-refractivity contribution in [2.45, 2.75) is 13.8 Å². The van der Waals surface area contributed by atoms with Crippen LogP contribution in [0.2, 0.25) is 0 Å². The number of Topliss-reactive ketones (excluding diaryl/α,β-unsaturated/α-hetero) is 1. The molecule has 0 unspecified atom stereocenters. The lowest BCUT2D eigenvalue weighted by molar-refractivity contribution is 0.102. The van der Waals surface area contributed by atoms with Crippen molar-refractivity contribution in [2.75, 3.05) is 38.9 Å². The fourth-order valence-electron chi connectivity index (χ4n) is 2.88. The molecule has 5 heteroatoms. The summed E-state index contributed by atoms with van der Waals surface area (Å²) in [6.07, 6.45) is 1.87. The molecule has 0 fully saturated rings. The van der Waals surface area contributed by atoms with E-state index in [1.165, 1.54) is 0 Å². The second-order valence-electron chi connectivity index (χ2n) is 6.86. The molecule has 5 nitrogen and oxygen atoms in total. The number of ether oxygens (including phenoxy) is 2. The van der Waals surface area contributed by atoms with Crippen LogP contribution in [-0.2, 0) is 0 Å². The van der Waals surface area contributed by atoms with Crippen LogP contribution in [-0.4, -0.2) is 34.1 Å². The van der Waals surface area contributed by atoms with Crippen molar-refractivity contribution >= 4 is 23.2 Å². The normalized spacial score (nSPS) is 11.4. The number of hydrogen-bond acceptors (Lipinski definition) is 5. The lowest BCUT2D eigenvalue weighted by atomic mass is 9.92. The molecule has 0 amide bonds. The first kappa shape index (κ1) is 20.4. The van der Waals surface area contributed by atoms with E-state index >= 15 is 0 Å². The number of ketones is 1. The summed E-state index contributed by atoms with van der Waals surface area (Å²) in [5.74, 6) is 1.37. The Balaban J connectivity index is 2.50. The molecule has 0 aliphatic heterocycles. The molecule has 144 valence electrons. The first-order valence-corrected chi connectivity index (χ1v) is 8.83. The number of allylic oxidation sites excluding steroid dienone is 1. The monoisotopic (exact) mass is 368 g/mol. The van der Waals surface area contributed by atoms with Crippen LogP contribution < -0.4 is 20.1 Å². The number of methoxy groups -OCH3 is 2. The molecular formula is C22H28N2O3. The first-order chi connectivity index (χ1) is 12.8. The minimum Gasteiger partial charge on any atom is -0.497 e. The average Bonchev–Trinajstić information content (AvgIpc) is 2.64. The largest absolute Gasteiger partial charge is 0.497 e. The third kappa shape index (κ3) is 4.61. The highest BCUT2D eigenvalue weighted by molar-refractivity contribution is 6.12. The van der Waals surface area contributed by atoms with Gasteiger partial charge >= 0.3 is 0 Å². The van der Waals surface area contributed by atoms with Crippen molar-refractivity contribution in [1.29, 1.82) is 0 Å². The third-order valence-corrected chi connectivity index (χ3v) is 4.40. The predicted molar refractivity (Wildman–Crippen MR) is 112 cm³/mol. The molecule has 2 N–H and O–H groups in total. The van der Waals surface area contributed by atoms with Crippen molar-refractivity contribution in [3.8, 4) is 11.5 Å². The number of benzene rings is 2. The maximum atomic E-state index is 13.2. The lowest BCUT2D eigenvalue weighted by Gasteiger charge is -2.17. The van der Waals surface area contributed by atoms with Crippen molar-refractivity contribution in [1.82, 2.24) is 0 Å². The molecular weight excluding hydrogens is 340 g/mol. The summed E-state index contributed by atoms with van der Waals surface area (Å²) in [4.78, 5) is 15.1. The summed E-state index contributed by atoms with van der Waals surface area (Å²) in [7, 11) is 7.05. The Labute approximate surface area is 161 Å². The van der Waals surface area contributed by atoms with Gasteiger partial charge in [0, 0.05) is 30.8 Å². The Bertz CT molecular complexity index is 855. The van der Waals surface area contributed by atoms with Gasteiger partial charge in [0.15, 0.2) is 5.78 Å². The van der Waals surface area contributed by atoms with Crippen LogP contribution in [0.3, 0.4) is 0 Å². The van der Waals surface area contributed by atoms with Crippen molar-refractivity contribution < 1.29 is 14.3 Å². The molecule has 0 heterocycles. The van der Waals surface area contributed by atoms with E-state index in [0.717, 1.165) is 11.3 Å². The second kappa shape index (κ2) is 8.62. The van der Waals surface area contributed by atoms with Gasteiger partial charge in [0.2, 0.25) is 0 Å². The Morgan fingerprint density at radius 3 is 2.30 bits per heavy atom. The van der Waals surface area contributed by atoms with E-state index in [0.29, 0.717) is 28.3 Å². The average molecular weight is 368 g/mol. The van der Waals surface area contributed by atoms with Crippen molar-refractivity contribution in [3.05, 3.63) is 53.1 Å². The van der Waals surface area contributed by atoms with Crippen LogP contribution >= 0.6 is 0 Å². The minimum atomic E-state index is -0.0492. The molecule has 0 radical (unpaired) electrons. The van der Waals surface area contributed by atoms with Gasteiger partial charge in [0.25, 0.3) is 0 Å². The topological polar surface area (TPSA) is 64.8 Å². The standard InChI is InChI=1S/C22H28N2O3/c1-14(2)18(12-16-11-17(26-5)8-10-21(16)27-6)22(25)15-7-9-20(24(3)4)19(23)13-15/h7-14H,23H2,1-6H3/b18-12+. The minimum absolute atomic E-state index is 0.0307. The maximum absolute atomic E-state index is 13.2. The third-order valence-electron chi connectivity index (χ3n) is 4.40. The fraction of sp³-hybridized carbons (Fsp3) is 0.318. The van der Waals surface area contributed by atoms with Gasteiger partial charge in [-0.2, -0.15) is 0 Å². The van der Waals surface area contributed by atoms with Gasteiger partial charge < -0.3 is 20.1 Å². The Morgan fingerprint density at radius 1 is 1.07 bits per heavy atom. The zero-order valence-electron chi connectivity index (χ0n) is 16.9. The van der Waals surface area contributed by atoms with E-state index in [-0.39, 0.29) is 11.7 Å². The molecule has 2 rings (SSSR count). The summed E-state index contributed by atoms with van der Waals surface area (Å²) < 4.78 is 10.7. The quantitative estimate of drug-likeness (QED) is 0.449. The van der Waals surface area contributed by atoms with Gasteiger partial charge in [-0.1, -0.05) is 13.8 Å². The molecule has 0 saturated carbocycles. The number of anilines is 2. The number of rotatable bonds is 7. The molecule has 0 aliphatic carbocycles. The van der Waals surface area contributed by atoms with E-state index < -0.39 is 0 Å². The summed E-state index contributed by atoms with van der Waals surface area (Å²) in [6.45, 7) is 3.99. The van der Waals surface area contributed by atoms with Crippen molar-refractivity contribution in [2.24, 2.45) is 5.92 Å². The lowest BCUT2D eigenvalue weighted by Crippen LogP contribution is -2.13. The summed E-state index contributed by atoms with van der Waals surface area (Å²) >= 11 is 0. The van der Waals surface area contributed by atoms with E-state index in [1.54, 1.807) is 20.3 Å². The predicted octanol–water partition coefficient (Wildman–Crippen LogP) is 4.27. The molecule has 0 aromatic heterocycles. The number of carbonyl (C=O) groups is 1. The second-order valence-corrected chi connectivity index (χ2v) is 6.86. The fourth-order valence-corrected chi connectivity index (χ4v) is 2.88. The van der Waals surface area contributed by atoms with E-state index in [9.17, 15) is 4.79 Å². The van der Waals surface area contributed by atoms with E-state index in [4.69, 9.17) is 15.2 Å².